The molecule has 0 saturated carbocycles. The lowest BCUT2D eigenvalue weighted by atomic mass is 9.84. The second-order valence-corrected chi connectivity index (χ2v) is 5.44. The van der Waals surface area contributed by atoms with Crippen molar-refractivity contribution in [3.63, 3.8) is 0 Å². The zero-order chi connectivity index (χ0) is 11.1. The van der Waals surface area contributed by atoms with E-state index in [1.807, 2.05) is 12.1 Å². The molecule has 1 aromatic rings. The Hall–Kier alpha value is -1.02. The number of benzene rings is 1. The summed E-state index contributed by atoms with van der Waals surface area (Å²) in [5.41, 5.74) is 9.91. The molecule has 0 atom stereocenters. The first-order valence-corrected chi connectivity index (χ1v) is 5.54. The van der Waals surface area contributed by atoms with E-state index in [2.05, 4.69) is 31.7 Å². The minimum atomic E-state index is 0.508. The molecule has 0 spiro atoms. The molecule has 1 aliphatic rings. The van der Waals surface area contributed by atoms with E-state index in [0.29, 0.717) is 5.41 Å². The van der Waals surface area contributed by atoms with E-state index in [1.165, 1.54) is 24.2 Å². The number of nitrogens with zero attached hydrogens (tertiary/aromatic N) is 1. The Kier molecular flexibility index (Phi) is 2.47. The highest BCUT2D eigenvalue weighted by Crippen LogP contribution is 2.30. The number of nitrogens with two attached hydrogens (primary N) is 1. The molecule has 1 heterocycles. The maximum atomic E-state index is 5.89. The van der Waals surface area contributed by atoms with Gasteiger partial charge in [-0.2, -0.15) is 0 Å². The molecule has 2 nitrogen and oxygen atoms in total. The molecule has 0 aromatic heterocycles. The van der Waals surface area contributed by atoms with Gasteiger partial charge in [0.1, 0.15) is 0 Å². The first-order chi connectivity index (χ1) is 6.98. The van der Waals surface area contributed by atoms with E-state index in [1.54, 1.807) is 0 Å². The van der Waals surface area contributed by atoms with E-state index < -0.39 is 0 Å². The SMILES string of the molecule is Cc1c(N)cccc1CN1CC(C)(C)C1. The van der Waals surface area contributed by atoms with Crippen molar-refractivity contribution in [2.24, 2.45) is 5.41 Å². The Balaban J connectivity index is 2.03. The second-order valence-electron chi connectivity index (χ2n) is 5.44. The van der Waals surface area contributed by atoms with Gasteiger partial charge in [0.2, 0.25) is 0 Å². The summed E-state index contributed by atoms with van der Waals surface area (Å²) in [5, 5.41) is 0. The van der Waals surface area contributed by atoms with Gasteiger partial charge in [-0.25, -0.2) is 0 Å². The van der Waals surface area contributed by atoms with Crippen LogP contribution in [0, 0.1) is 12.3 Å². The van der Waals surface area contributed by atoms with Gasteiger partial charge >= 0.3 is 0 Å². The van der Waals surface area contributed by atoms with Crippen LogP contribution in [0.1, 0.15) is 25.0 Å². The van der Waals surface area contributed by atoms with Crippen molar-refractivity contribution in [1.29, 1.82) is 0 Å². The Morgan fingerprint density at radius 3 is 2.60 bits per heavy atom. The molecular formula is C13H20N2. The van der Waals surface area contributed by atoms with E-state index in [-0.39, 0.29) is 0 Å². The molecule has 15 heavy (non-hydrogen) atoms. The van der Waals surface area contributed by atoms with E-state index >= 15 is 0 Å². The zero-order valence-corrected chi connectivity index (χ0v) is 9.88. The molecule has 0 amide bonds. The third-order valence-corrected chi connectivity index (χ3v) is 3.19. The van der Waals surface area contributed by atoms with Crippen LogP contribution in [0.15, 0.2) is 18.2 Å². The summed E-state index contributed by atoms with van der Waals surface area (Å²) in [5.74, 6) is 0. The average Bonchev–Trinajstić information content (AvgIpc) is 2.10. The first-order valence-electron chi connectivity index (χ1n) is 5.54. The smallest absolute Gasteiger partial charge is 0.0346 e. The minimum Gasteiger partial charge on any atom is -0.399 e. The standard InChI is InChI=1S/C13H20N2/c1-10-11(5-4-6-12(10)14)7-15-8-13(2,3)9-15/h4-6H,7-9,14H2,1-3H3. The van der Waals surface area contributed by atoms with E-state index in [9.17, 15) is 0 Å². The normalized spacial score (nSPS) is 19.9. The van der Waals surface area contributed by atoms with Crippen LogP contribution in [0.2, 0.25) is 0 Å². The lowest BCUT2D eigenvalue weighted by molar-refractivity contribution is 0.0241. The van der Waals surface area contributed by atoms with Gasteiger partial charge in [0.25, 0.3) is 0 Å². The lowest BCUT2D eigenvalue weighted by Crippen LogP contribution is -2.52. The summed E-state index contributed by atoms with van der Waals surface area (Å²) < 4.78 is 0. The molecule has 1 aliphatic heterocycles. The summed E-state index contributed by atoms with van der Waals surface area (Å²) >= 11 is 0. The fraction of sp³-hybridized carbons (Fsp3) is 0.538. The Bertz CT molecular complexity index is 361. The number of hydrogen-bond acceptors (Lipinski definition) is 2. The van der Waals surface area contributed by atoms with Crippen LogP contribution in [0.4, 0.5) is 5.69 Å². The highest BCUT2D eigenvalue weighted by atomic mass is 15.2. The van der Waals surface area contributed by atoms with Crippen LogP contribution in [0.3, 0.4) is 0 Å². The van der Waals surface area contributed by atoms with Crippen LogP contribution >= 0.6 is 0 Å². The quantitative estimate of drug-likeness (QED) is 0.750. The number of likely N-dealkylation sites (tertiary alicyclic amines) is 1. The van der Waals surface area contributed by atoms with E-state index in [4.69, 9.17) is 5.73 Å². The number of nitrogen functional groups attached to an aromatic ring is 1. The Morgan fingerprint density at radius 2 is 2.00 bits per heavy atom. The van der Waals surface area contributed by atoms with Gasteiger partial charge in [-0.3, -0.25) is 4.90 Å². The van der Waals surface area contributed by atoms with Crippen LogP contribution in [-0.2, 0) is 6.54 Å². The van der Waals surface area contributed by atoms with Gasteiger partial charge in [-0.05, 0) is 29.5 Å². The summed E-state index contributed by atoms with van der Waals surface area (Å²) in [7, 11) is 0. The highest BCUT2D eigenvalue weighted by Gasteiger charge is 2.33. The molecule has 2 heteroatoms. The molecule has 0 unspecified atom stereocenters. The second kappa shape index (κ2) is 3.53. The zero-order valence-electron chi connectivity index (χ0n) is 9.88. The van der Waals surface area contributed by atoms with Gasteiger partial charge in [0.05, 0.1) is 0 Å². The van der Waals surface area contributed by atoms with Gasteiger partial charge < -0.3 is 5.73 Å². The van der Waals surface area contributed by atoms with Gasteiger partial charge in [-0.1, -0.05) is 26.0 Å². The molecule has 2 N–H and O–H groups in total. The number of rotatable bonds is 2. The molecule has 0 radical (unpaired) electrons. The van der Waals surface area contributed by atoms with Crippen LogP contribution in [-0.4, -0.2) is 18.0 Å². The number of anilines is 1. The van der Waals surface area contributed by atoms with Crippen LogP contribution in [0.5, 0.6) is 0 Å². The average molecular weight is 204 g/mol. The molecular weight excluding hydrogens is 184 g/mol. The predicted molar refractivity (Wildman–Crippen MR) is 64.6 cm³/mol. The van der Waals surface area contributed by atoms with Crippen molar-refractivity contribution in [3.8, 4) is 0 Å². The molecule has 1 aromatic carbocycles. The molecule has 0 aliphatic carbocycles. The van der Waals surface area contributed by atoms with Crippen molar-refractivity contribution < 1.29 is 0 Å². The van der Waals surface area contributed by atoms with Crippen molar-refractivity contribution in [2.75, 3.05) is 18.8 Å². The molecule has 1 fully saturated rings. The summed E-state index contributed by atoms with van der Waals surface area (Å²) in [6.07, 6.45) is 0. The molecule has 2 rings (SSSR count). The maximum Gasteiger partial charge on any atom is 0.0346 e. The van der Waals surface area contributed by atoms with Gasteiger partial charge in [0.15, 0.2) is 0 Å². The van der Waals surface area contributed by atoms with Gasteiger partial charge in [0, 0.05) is 25.3 Å². The lowest BCUT2D eigenvalue weighted by Gasteiger charge is -2.46. The Labute approximate surface area is 92.1 Å². The predicted octanol–water partition coefficient (Wildman–Crippen LogP) is 2.42. The maximum absolute atomic E-state index is 5.89. The van der Waals surface area contributed by atoms with Crippen LogP contribution in [0.25, 0.3) is 0 Å². The molecule has 1 saturated heterocycles. The van der Waals surface area contributed by atoms with Crippen LogP contribution < -0.4 is 5.73 Å². The monoisotopic (exact) mass is 204 g/mol. The first kappa shape index (κ1) is 10.5. The summed E-state index contributed by atoms with van der Waals surface area (Å²) in [6, 6.07) is 6.19. The largest absolute Gasteiger partial charge is 0.399 e. The fourth-order valence-corrected chi connectivity index (χ4v) is 2.39. The minimum absolute atomic E-state index is 0.508. The topological polar surface area (TPSA) is 29.3 Å². The van der Waals surface area contributed by atoms with Crippen molar-refractivity contribution >= 4 is 5.69 Å². The van der Waals surface area contributed by atoms with Crippen molar-refractivity contribution in [3.05, 3.63) is 29.3 Å². The molecule has 0 bridgehead atoms. The Morgan fingerprint density at radius 1 is 1.33 bits per heavy atom. The van der Waals surface area contributed by atoms with Crippen molar-refractivity contribution in [1.82, 2.24) is 4.90 Å². The third-order valence-electron chi connectivity index (χ3n) is 3.19. The summed E-state index contributed by atoms with van der Waals surface area (Å²) in [4.78, 5) is 2.47. The van der Waals surface area contributed by atoms with Gasteiger partial charge in [-0.15, -0.1) is 0 Å². The third kappa shape index (κ3) is 2.15. The fourth-order valence-electron chi connectivity index (χ4n) is 2.39. The highest BCUT2D eigenvalue weighted by molar-refractivity contribution is 5.49. The summed E-state index contributed by atoms with van der Waals surface area (Å²) in [6.45, 7) is 10.2. The molecule has 82 valence electrons. The van der Waals surface area contributed by atoms with E-state index in [0.717, 1.165) is 12.2 Å². The van der Waals surface area contributed by atoms with Crippen molar-refractivity contribution in [2.45, 2.75) is 27.3 Å². The number of hydrogen-bond donors (Lipinski definition) is 1.